The van der Waals surface area contributed by atoms with Crippen molar-refractivity contribution in [3.05, 3.63) is 41.4 Å². The van der Waals surface area contributed by atoms with Crippen LogP contribution in [0.5, 0.6) is 0 Å². The predicted molar refractivity (Wildman–Crippen MR) is 75.4 cm³/mol. The molecule has 6 heteroatoms. The monoisotopic (exact) mass is 290 g/mol. The van der Waals surface area contributed by atoms with Gasteiger partial charge < -0.3 is 13.7 Å². The van der Waals surface area contributed by atoms with Crippen molar-refractivity contribution < 1.29 is 18.7 Å². The van der Waals surface area contributed by atoms with E-state index in [1.54, 1.807) is 18.3 Å². The Morgan fingerprint density at radius 3 is 2.95 bits per heavy atom. The Bertz CT molecular complexity index is 627. The first-order valence-corrected chi connectivity index (χ1v) is 6.86. The van der Waals surface area contributed by atoms with E-state index in [9.17, 15) is 9.59 Å². The van der Waals surface area contributed by atoms with E-state index in [4.69, 9.17) is 4.42 Å². The number of aldehydes is 1. The minimum absolute atomic E-state index is 0.148. The summed E-state index contributed by atoms with van der Waals surface area (Å²) < 4.78 is 11.8. The molecular formula is C15H18N2O4. The topological polar surface area (TPSA) is 74.3 Å². The Morgan fingerprint density at radius 1 is 1.48 bits per heavy atom. The van der Waals surface area contributed by atoms with E-state index in [2.05, 4.69) is 16.6 Å². The fourth-order valence-electron chi connectivity index (χ4n) is 2.07. The van der Waals surface area contributed by atoms with Crippen molar-refractivity contribution >= 4 is 12.3 Å². The van der Waals surface area contributed by atoms with Crippen molar-refractivity contribution in [1.29, 1.82) is 0 Å². The Labute approximate surface area is 122 Å². The number of furan rings is 1. The van der Waals surface area contributed by atoms with Gasteiger partial charge in [-0.2, -0.15) is 0 Å². The van der Waals surface area contributed by atoms with Crippen LogP contribution in [0, 0.1) is 0 Å². The van der Waals surface area contributed by atoms with Gasteiger partial charge in [-0.1, -0.05) is 13.3 Å². The van der Waals surface area contributed by atoms with Gasteiger partial charge in [0, 0.05) is 6.42 Å². The molecule has 0 amide bonds. The van der Waals surface area contributed by atoms with Gasteiger partial charge in [0.2, 0.25) is 5.76 Å². The van der Waals surface area contributed by atoms with Crippen LogP contribution in [0.2, 0.25) is 0 Å². The van der Waals surface area contributed by atoms with Crippen molar-refractivity contribution in [3.8, 4) is 0 Å². The van der Waals surface area contributed by atoms with Gasteiger partial charge in [-0.3, -0.25) is 4.79 Å². The van der Waals surface area contributed by atoms with E-state index in [1.807, 2.05) is 4.57 Å². The van der Waals surface area contributed by atoms with Gasteiger partial charge in [0.15, 0.2) is 6.29 Å². The second-order valence-corrected chi connectivity index (χ2v) is 4.66. The van der Waals surface area contributed by atoms with Gasteiger partial charge in [0.05, 0.1) is 19.9 Å². The van der Waals surface area contributed by atoms with Gasteiger partial charge in [0.25, 0.3) is 0 Å². The van der Waals surface area contributed by atoms with Crippen LogP contribution in [0.3, 0.4) is 0 Å². The molecule has 0 aliphatic carbocycles. The number of nitrogens with zero attached hydrogens (tertiary/aromatic N) is 2. The molecule has 2 heterocycles. The Hall–Kier alpha value is -2.37. The van der Waals surface area contributed by atoms with Crippen LogP contribution in [-0.4, -0.2) is 28.9 Å². The predicted octanol–water partition coefficient (Wildman–Crippen LogP) is 2.47. The maximum Gasteiger partial charge on any atom is 0.373 e. The molecule has 0 aliphatic rings. The molecule has 0 saturated carbocycles. The van der Waals surface area contributed by atoms with E-state index in [0.29, 0.717) is 18.0 Å². The smallest absolute Gasteiger partial charge is 0.373 e. The molecule has 0 bridgehead atoms. The molecule has 112 valence electrons. The first-order chi connectivity index (χ1) is 10.2. The normalized spacial score (nSPS) is 10.6. The van der Waals surface area contributed by atoms with E-state index < -0.39 is 5.97 Å². The molecule has 21 heavy (non-hydrogen) atoms. The highest BCUT2D eigenvalue weighted by atomic mass is 16.5. The molecule has 0 aliphatic heterocycles. The van der Waals surface area contributed by atoms with E-state index in [0.717, 1.165) is 31.4 Å². The Balaban J connectivity index is 2.21. The number of hydrogen-bond acceptors (Lipinski definition) is 5. The molecule has 0 unspecified atom stereocenters. The zero-order valence-corrected chi connectivity index (χ0v) is 12.2. The summed E-state index contributed by atoms with van der Waals surface area (Å²) >= 11 is 0. The number of unbranched alkanes of at least 4 members (excludes halogenated alkanes) is 1. The Kier molecular flexibility index (Phi) is 4.92. The molecule has 0 N–H and O–H groups in total. The number of carbonyl (C=O) groups is 2. The summed E-state index contributed by atoms with van der Waals surface area (Å²) in [6.07, 6.45) is 5.18. The van der Waals surface area contributed by atoms with Crippen LogP contribution in [0.4, 0.5) is 0 Å². The highest BCUT2D eigenvalue weighted by Gasteiger charge is 2.14. The molecule has 0 saturated heterocycles. The maximum atomic E-state index is 11.4. The third-order valence-electron chi connectivity index (χ3n) is 3.21. The number of aromatic nitrogens is 2. The van der Waals surface area contributed by atoms with Gasteiger partial charge >= 0.3 is 5.97 Å². The van der Waals surface area contributed by atoms with Crippen LogP contribution in [0.1, 0.15) is 52.4 Å². The maximum absolute atomic E-state index is 11.4. The molecular weight excluding hydrogens is 272 g/mol. The van der Waals surface area contributed by atoms with Gasteiger partial charge in [0.1, 0.15) is 17.3 Å². The minimum atomic E-state index is -0.520. The van der Waals surface area contributed by atoms with E-state index >= 15 is 0 Å². The van der Waals surface area contributed by atoms with Crippen molar-refractivity contribution in [2.24, 2.45) is 0 Å². The van der Waals surface area contributed by atoms with Crippen molar-refractivity contribution in [3.63, 3.8) is 0 Å². The summed E-state index contributed by atoms with van der Waals surface area (Å²) in [4.78, 5) is 26.7. The fourth-order valence-corrected chi connectivity index (χ4v) is 2.07. The average molecular weight is 290 g/mol. The molecule has 6 nitrogen and oxygen atoms in total. The van der Waals surface area contributed by atoms with Crippen molar-refractivity contribution in [2.75, 3.05) is 7.11 Å². The summed E-state index contributed by atoms with van der Waals surface area (Å²) in [6, 6.07) is 3.26. The number of carbonyl (C=O) groups excluding carboxylic acids is 2. The number of hydrogen-bond donors (Lipinski definition) is 0. The molecule has 0 fully saturated rings. The number of imidazole rings is 1. The number of aryl methyl sites for hydroxylation is 1. The molecule has 0 atom stereocenters. The second kappa shape index (κ2) is 6.88. The van der Waals surface area contributed by atoms with Gasteiger partial charge in [-0.05, 0) is 18.6 Å². The number of rotatable bonds is 7. The summed E-state index contributed by atoms with van der Waals surface area (Å²) in [6.45, 7) is 2.47. The third kappa shape index (κ3) is 3.39. The molecule has 0 radical (unpaired) electrons. The fraction of sp³-hybridized carbons (Fsp3) is 0.400. The number of methoxy groups -OCH3 is 1. The zero-order chi connectivity index (χ0) is 15.2. The lowest BCUT2D eigenvalue weighted by Gasteiger charge is -2.07. The van der Waals surface area contributed by atoms with Crippen molar-refractivity contribution in [2.45, 2.75) is 32.7 Å². The van der Waals surface area contributed by atoms with Crippen LogP contribution in [0.15, 0.2) is 22.7 Å². The minimum Gasteiger partial charge on any atom is -0.463 e. The second-order valence-electron chi connectivity index (χ2n) is 4.66. The van der Waals surface area contributed by atoms with Crippen LogP contribution in [0.25, 0.3) is 0 Å². The molecule has 0 spiro atoms. The quantitative estimate of drug-likeness (QED) is 0.578. The van der Waals surface area contributed by atoms with Crippen LogP contribution < -0.4 is 0 Å². The highest BCUT2D eigenvalue weighted by molar-refractivity contribution is 5.86. The average Bonchev–Trinajstić information content (AvgIpc) is 3.12. The zero-order valence-electron chi connectivity index (χ0n) is 12.2. The molecule has 2 aromatic rings. The SMILES string of the molecule is CCCCc1ncc(C=O)n1Cc1ccc(C(=O)OC)o1. The standard InChI is InChI=1S/C15H18N2O4/c1-3-4-5-14-16-8-11(10-18)17(14)9-12-6-7-13(21-12)15(19)20-2/h6-8,10H,3-5,9H2,1-2H3. The summed E-state index contributed by atoms with van der Waals surface area (Å²) in [5, 5.41) is 0. The molecule has 2 aromatic heterocycles. The summed E-state index contributed by atoms with van der Waals surface area (Å²) in [7, 11) is 1.30. The third-order valence-corrected chi connectivity index (χ3v) is 3.21. The molecule has 0 aromatic carbocycles. The lowest BCUT2D eigenvalue weighted by Crippen LogP contribution is -2.08. The van der Waals surface area contributed by atoms with E-state index in [-0.39, 0.29) is 5.76 Å². The first kappa shape index (κ1) is 15.0. The van der Waals surface area contributed by atoms with Gasteiger partial charge in [-0.15, -0.1) is 0 Å². The Morgan fingerprint density at radius 2 is 2.29 bits per heavy atom. The van der Waals surface area contributed by atoms with Crippen molar-refractivity contribution in [1.82, 2.24) is 9.55 Å². The largest absolute Gasteiger partial charge is 0.463 e. The first-order valence-electron chi connectivity index (χ1n) is 6.86. The van der Waals surface area contributed by atoms with Gasteiger partial charge in [-0.25, -0.2) is 9.78 Å². The summed E-state index contributed by atoms with van der Waals surface area (Å²) in [5.41, 5.74) is 0.497. The summed E-state index contributed by atoms with van der Waals surface area (Å²) in [5.74, 6) is 1.05. The highest BCUT2D eigenvalue weighted by Crippen LogP contribution is 2.14. The van der Waals surface area contributed by atoms with Crippen LogP contribution in [-0.2, 0) is 17.7 Å². The molecule has 2 rings (SSSR count). The van der Waals surface area contributed by atoms with Crippen LogP contribution >= 0.6 is 0 Å². The number of ether oxygens (including phenoxy) is 1. The lowest BCUT2D eigenvalue weighted by atomic mass is 10.2. The number of esters is 1. The van der Waals surface area contributed by atoms with E-state index in [1.165, 1.54) is 7.11 Å². The lowest BCUT2D eigenvalue weighted by molar-refractivity contribution is 0.0562.